The van der Waals surface area contributed by atoms with Crippen molar-refractivity contribution >= 4 is 5.91 Å². The average Bonchev–Trinajstić information content (AvgIpc) is 3.00. The molecule has 0 radical (unpaired) electrons. The summed E-state index contributed by atoms with van der Waals surface area (Å²) in [6.07, 6.45) is 7.96. The Labute approximate surface area is 138 Å². The number of carbonyl (C=O) groups is 1. The molecule has 6 heteroatoms. The molecule has 3 rings (SSSR count). The maximum absolute atomic E-state index is 12.5. The van der Waals surface area contributed by atoms with Gasteiger partial charge < -0.3 is 15.0 Å². The number of piperidine rings is 1. The quantitative estimate of drug-likeness (QED) is 0.886. The highest BCUT2D eigenvalue weighted by Crippen LogP contribution is 2.18. The molecule has 23 heavy (non-hydrogen) atoms. The van der Waals surface area contributed by atoms with E-state index in [-0.39, 0.29) is 11.8 Å². The Hall–Kier alpha value is -1.40. The third-order valence-corrected chi connectivity index (χ3v) is 4.85. The van der Waals surface area contributed by atoms with Gasteiger partial charge in [-0.05, 0) is 44.7 Å². The van der Waals surface area contributed by atoms with Gasteiger partial charge in [0.25, 0.3) is 0 Å². The van der Waals surface area contributed by atoms with Crippen molar-refractivity contribution in [3.8, 4) is 0 Å². The molecule has 0 bridgehead atoms. The smallest absolute Gasteiger partial charge is 0.224 e. The van der Waals surface area contributed by atoms with Crippen LogP contribution in [0, 0.1) is 12.8 Å². The van der Waals surface area contributed by atoms with Gasteiger partial charge in [-0.15, -0.1) is 0 Å². The summed E-state index contributed by atoms with van der Waals surface area (Å²) in [5, 5.41) is 7.55. The molecule has 0 saturated carbocycles. The van der Waals surface area contributed by atoms with Gasteiger partial charge in [0.2, 0.25) is 5.91 Å². The number of hydrogen-bond acceptors (Lipinski definition) is 4. The lowest BCUT2D eigenvalue weighted by Crippen LogP contribution is -2.47. The van der Waals surface area contributed by atoms with Crippen molar-refractivity contribution in [1.82, 2.24) is 20.0 Å². The maximum atomic E-state index is 12.5. The van der Waals surface area contributed by atoms with Crippen LogP contribution < -0.4 is 5.32 Å². The van der Waals surface area contributed by atoms with Gasteiger partial charge in [-0.1, -0.05) is 0 Å². The second kappa shape index (κ2) is 7.93. The largest absolute Gasteiger partial charge is 0.381 e. The first-order valence-electron chi connectivity index (χ1n) is 8.80. The Kier molecular flexibility index (Phi) is 5.67. The number of likely N-dealkylation sites (tertiary alicyclic amines) is 1. The molecule has 1 amide bonds. The van der Waals surface area contributed by atoms with Gasteiger partial charge in [0.1, 0.15) is 0 Å². The number of hydrogen-bond donors (Lipinski definition) is 1. The predicted octanol–water partition coefficient (Wildman–Crippen LogP) is 1.20. The van der Waals surface area contributed by atoms with Gasteiger partial charge >= 0.3 is 0 Å². The number of nitrogens with one attached hydrogen (secondary N) is 1. The van der Waals surface area contributed by atoms with E-state index in [1.807, 2.05) is 10.9 Å². The van der Waals surface area contributed by atoms with E-state index in [9.17, 15) is 4.79 Å². The summed E-state index contributed by atoms with van der Waals surface area (Å²) >= 11 is 0. The molecule has 1 aromatic heterocycles. The molecular formula is C17H28N4O2. The molecule has 2 aliphatic heterocycles. The van der Waals surface area contributed by atoms with Crippen LogP contribution in [-0.4, -0.2) is 59.5 Å². The molecule has 1 atom stereocenters. The van der Waals surface area contributed by atoms with E-state index < -0.39 is 0 Å². The van der Waals surface area contributed by atoms with Crippen LogP contribution in [0.25, 0.3) is 0 Å². The monoisotopic (exact) mass is 320 g/mol. The van der Waals surface area contributed by atoms with Crippen molar-refractivity contribution in [2.75, 3.05) is 32.8 Å². The van der Waals surface area contributed by atoms with Crippen molar-refractivity contribution in [3.05, 3.63) is 18.0 Å². The Morgan fingerprint density at radius 1 is 1.35 bits per heavy atom. The fraction of sp³-hybridized carbons (Fsp3) is 0.765. The zero-order valence-electron chi connectivity index (χ0n) is 14.0. The number of nitrogens with zero attached hydrogens (tertiary/aromatic N) is 3. The minimum Gasteiger partial charge on any atom is -0.381 e. The van der Waals surface area contributed by atoms with Crippen molar-refractivity contribution in [2.45, 2.75) is 45.2 Å². The lowest BCUT2D eigenvalue weighted by molar-refractivity contribution is -0.128. The highest BCUT2D eigenvalue weighted by atomic mass is 16.5. The fourth-order valence-corrected chi connectivity index (χ4v) is 3.47. The van der Waals surface area contributed by atoms with Crippen LogP contribution in [0.15, 0.2) is 12.4 Å². The maximum Gasteiger partial charge on any atom is 0.224 e. The predicted molar refractivity (Wildman–Crippen MR) is 88.1 cm³/mol. The van der Waals surface area contributed by atoms with Crippen LogP contribution in [-0.2, 0) is 16.1 Å². The molecule has 1 unspecified atom stereocenters. The van der Waals surface area contributed by atoms with E-state index in [0.717, 1.165) is 65.1 Å². The van der Waals surface area contributed by atoms with Crippen LogP contribution in [0.1, 0.15) is 31.2 Å². The number of ether oxygens (including phenoxy) is 1. The molecule has 0 spiro atoms. The molecular weight excluding hydrogens is 292 g/mol. The van der Waals surface area contributed by atoms with Gasteiger partial charge in [-0.2, -0.15) is 5.10 Å². The number of aromatic nitrogens is 2. The summed E-state index contributed by atoms with van der Waals surface area (Å²) in [6, 6.07) is 0.304. The summed E-state index contributed by atoms with van der Waals surface area (Å²) in [5.41, 5.74) is 1.19. The molecule has 3 heterocycles. The molecule has 2 fully saturated rings. The first-order valence-corrected chi connectivity index (χ1v) is 8.80. The average molecular weight is 320 g/mol. The summed E-state index contributed by atoms with van der Waals surface area (Å²) in [5.74, 6) is 0.363. The van der Waals surface area contributed by atoms with Crippen molar-refractivity contribution < 1.29 is 9.53 Å². The first-order chi connectivity index (χ1) is 11.2. The van der Waals surface area contributed by atoms with E-state index in [4.69, 9.17) is 4.74 Å². The van der Waals surface area contributed by atoms with E-state index in [2.05, 4.69) is 28.4 Å². The van der Waals surface area contributed by atoms with E-state index in [1.54, 1.807) is 0 Å². The van der Waals surface area contributed by atoms with Gasteiger partial charge in [0, 0.05) is 38.5 Å². The number of amides is 1. The summed E-state index contributed by atoms with van der Waals surface area (Å²) in [7, 11) is 0. The summed E-state index contributed by atoms with van der Waals surface area (Å²) in [4.78, 5) is 14.9. The van der Waals surface area contributed by atoms with Gasteiger partial charge in [0.05, 0.1) is 18.7 Å². The van der Waals surface area contributed by atoms with Crippen LogP contribution in [0.3, 0.4) is 0 Å². The Balaban J connectivity index is 1.44. The molecule has 0 aliphatic carbocycles. The van der Waals surface area contributed by atoms with Crippen molar-refractivity contribution in [2.24, 2.45) is 5.92 Å². The van der Waals surface area contributed by atoms with E-state index >= 15 is 0 Å². The zero-order valence-corrected chi connectivity index (χ0v) is 14.0. The number of rotatable bonds is 5. The topological polar surface area (TPSA) is 59.4 Å². The van der Waals surface area contributed by atoms with Crippen molar-refractivity contribution in [1.29, 1.82) is 0 Å². The van der Waals surface area contributed by atoms with Gasteiger partial charge in [-0.3, -0.25) is 9.48 Å². The molecule has 1 aromatic rings. The fourth-order valence-electron chi connectivity index (χ4n) is 3.47. The number of aryl methyl sites for hydroxylation is 1. The Bertz CT molecular complexity index is 510. The molecule has 128 valence electrons. The normalized spacial score (nSPS) is 23.8. The van der Waals surface area contributed by atoms with Gasteiger partial charge in [-0.25, -0.2) is 0 Å². The zero-order chi connectivity index (χ0) is 16.1. The summed E-state index contributed by atoms with van der Waals surface area (Å²) < 4.78 is 7.34. The molecule has 2 saturated heterocycles. The van der Waals surface area contributed by atoms with E-state index in [1.165, 1.54) is 5.56 Å². The van der Waals surface area contributed by atoms with Crippen LogP contribution in [0.2, 0.25) is 0 Å². The molecule has 2 aliphatic rings. The van der Waals surface area contributed by atoms with Crippen molar-refractivity contribution in [3.63, 3.8) is 0 Å². The van der Waals surface area contributed by atoms with Crippen LogP contribution >= 0.6 is 0 Å². The Morgan fingerprint density at radius 2 is 2.17 bits per heavy atom. The third kappa shape index (κ3) is 4.78. The lowest BCUT2D eigenvalue weighted by atomic mass is 9.96. The second-order valence-corrected chi connectivity index (χ2v) is 6.82. The third-order valence-electron chi connectivity index (χ3n) is 4.85. The first kappa shape index (κ1) is 16.5. The Morgan fingerprint density at radius 3 is 2.91 bits per heavy atom. The SMILES string of the molecule is Cc1cnn(CCN2CCCC(C(=O)NC3CCOCC3)C2)c1. The highest BCUT2D eigenvalue weighted by molar-refractivity contribution is 5.79. The highest BCUT2D eigenvalue weighted by Gasteiger charge is 2.27. The van der Waals surface area contributed by atoms with Crippen LogP contribution in [0.5, 0.6) is 0 Å². The minimum absolute atomic E-state index is 0.131. The molecule has 6 nitrogen and oxygen atoms in total. The van der Waals surface area contributed by atoms with E-state index in [0.29, 0.717) is 6.04 Å². The molecule has 0 aromatic carbocycles. The second-order valence-electron chi connectivity index (χ2n) is 6.82. The van der Waals surface area contributed by atoms with Gasteiger partial charge in [0.15, 0.2) is 0 Å². The standard InChI is InChI=1S/C17H28N4O2/c1-14-11-18-21(12-14)8-7-20-6-2-3-15(13-20)17(22)19-16-4-9-23-10-5-16/h11-12,15-16H,2-10,13H2,1H3,(H,19,22). The number of carbonyl (C=O) groups excluding carboxylic acids is 1. The molecule has 1 N–H and O–H groups in total. The van der Waals surface area contributed by atoms with Crippen LogP contribution in [0.4, 0.5) is 0 Å². The minimum atomic E-state index is 0.131. The summed E-state index contributed by atoms with van der Waals surface area (Å²) in [6.45, 7) is 7.40. The lowest BCUT2D eigenvalue weighted by Gasteiger charge is -2.33.